The van der Waals surface area contributed by atoms with Crippen LogP contribution < -0.4 is 5.32 Å². The van der Waals surface area contributed by atoms with E-state index in [2.05, 4.69) is 15.3 Å². The normalized spacial score (nSPS) is 12.7. The van der Waals surface area contributed by atoms with Crippen LogP contribution in [0.4, 0.5) is 14.5 Å². The highest BCUT2D eigenvalue weighted by Gasteiger charge is 2.19. The molecule has 1 amide bonds. The van der Waals surface area contributed by atoms with Crippen LogP contribution in [-0.4, -0.2) is 22.1 Å². The van der Waals surface area contributed by atoms with Crippen LogP contribution in [0.15, 0.2) is 53.8 Å². The van der Waals surface area contributed by atoms with Crippen molar-refractivity contribution in [1.82, 2.24) is 15.2 Å². The Morgan fingerprint density at radius 3 is 2.86 bits per heavy atom. The zero-order chi connectivity index (χ0) is 19.5. The third-order valence-electron chi connectivity index (χ3n) is 4.26. The maximum Gasteiger partial charge on any atom is 0.261 e. The number of rotatable bonds is 5. The summed E-state index contributed by atoms with van der Waals surface area (Å²) in [6.07, 6.45) is 5.05. The number of carbonyl (C=O) groups excluding carboxylic acids is 1. The number of aromatic nitrogens is 1. The van der Waals surface area contributed by atoms with E-state index in [4.69, 9.17) is 0 Å². The molecule has 8 heteroatoms. The maximum absolute atomic E-state index is 13.4. The first kappa shape index (κ1) is 18.2. The van der Waals surface area contributed by atoms with E-state index < -0.39 is 11.6 Å². The van der Waals surface area contributed by atoms with Crippen molar-refractivity contribution in [3.05, 3.63) is 81.3 Å². The molecule has 2 aromatic heterocycles. The summed E-state index contributed by atoms with van der Waals surface area (Å²) in [5.74, 6) is -1.89. The molecular formula is C20H16F2N4OS. The summed E-state index contributed by atoms with van der Waals surface area (Å²) < 4.78 is 26.5. The van der Waals surface area contributed by atoms with Crippen LogP contribution in [-0.2, 0) is 19.6 Å². The Hall–Kier alpha value is -3.13. The second kappa shape index (κ2) is 7.85. The molecule has 1 aliphatic heterocycles. The molecule has 0 unspecified atom stereocenters. The molecule has 28 heavy (non-hydrogen) atoms. The van der Waals surface area contributed by atoms with Crippen molar-refractivity contribution in [3.63, 3.8) is 0 Å². The van der Waals surface area contributed by atoms with E-state index in [0.29, 0.717) is 30.1 Å². The Morgan fingerprint density at radius 2 is 2.07 bits per heavy atom. The maximum atomic E-state index is 13.4. The number of pyridine rings is 1. The number of hydrogen-bond donors (Lipinski definition) is 1. The summed E-state index contributed by atoms with van der Waals surface area (Å²) in [6, 6.07) is 9.34. The van der Waals surface area contributed by atoms with E-state index in [9.17, 15) is 13.6 Å². The molecule has 0 bridgehead atoms. The lowest BCUT2D eigenvalue weighted by Crippen LogP contribution is -2.22. The molecule has 0 saturated carbocycles. The number of nitrogens with zero attached hydrogens (tertiary/aromatic N) is 3. The van der Waals surface area contributed by atoms with E-state index in [0.717, 1.165) is 22.2 Å². The number of amides is 1. The minimum Gasteiger partial charge on any atom is -0.353 e. The van der Waals surface area contributed by atoms with Crippen LogP contribution in [0.2, 0.25) is 0 Å². The Morgan fingerprint density at radius 1 is 1.18 bits per heavy atom. The molecule has 5 nitrogen and oxygen atoms in total. The molecule has 0 fully saturated rings. The van der Waals surface area contributed by atoms with Crippen LogP contribution in [0, 0.1) is 11.6 Å². The molecule has 142 valence electrons. The van der Waals surface area contributed by atoms with Gasteiger partial charge < -0.3 is 10.2 Å². The molecule has 0 atom stereocenters. The van der Waals surface area contributed by atoms with Gasteiger partial charge in [-0.2, -0.15) is 0 Å². The summed E-state index contributed by atoms with van der Waals surface area (Å²) in [5, 5.41) is 2.88. The fourth-order valence-corrected chi connectivity index (χ4v) is 3.91. The van der Waals surface area contributed by atoms with Gasteiger partial charge in [0.25, 0.3) is 5.91 Å². The van der Waals surface area contributed by atoms with Gasteiger partial charge in [-0.05, 0) is 35.4 Å². The summed E-state index contributed by atoms with van der Waals surface area (Å²) in [4.78, 5) is 24.3. The number of benzene rings is 1. The van der Waals surface area contributed by atoms with Crippen LogP contribution in [0.3, 0.4) is 0 Å². The smallest absolute Gasteiger partial charge is 0.261 e. The molecular weight excluding hydrogens is 382 g/mol. The van der Waals surface area contributed by atoms with Gasteiger partial charge in [0, 0.05) is 25.5 Å². The number of fused-ring (bicyclic) bond motifs is 1. The van der Waals surface area contributed by atoms with Gasteiger partial charge in [-0.25, -0.2) is 13.8 Å². The van der Waals surface area contributed by atoms with E-state index in [1.165, 1.54) is 17.4 Å². The van der Waals surface area contributed by atoms with Gasteiger partial charge in [-0.15, -0.1) is 11.3 Å². The SMILES string of the molecule is O=C(NCc1cccnc1)c1cc2c(s1)CN(Cc1ccc(F)c(F)c1)C=N2. The van der Waals surface area contributed by atoms with Crippen molar-refractivity contribution in [2.75, 3.05) is 0 Å². The summed E-state index contributed by atoms with van der Waals surface area (Å²) >= 11 is 1.38. The summed E-state index contributed by atoms with van der Waals surface area (Å²) in [5.41, 5.74) is 2.34. The molecule has 0 aliphatic carbocycles. The fourth-order valence-electron chi connectivity index (χ4n) is 2.86. The number of carbonyl (C=O) groups is 1. The largest absolute Gasteiger partial charge is 0.353 e. The molecule has 0 spiro atoms. The highest BCUT2D eigenvalue weighted by molar-refractivity contribution is 7.14. The topological polar surface area (TPSA) is 57.6 Å². The number of thiophene rings is 1. The molecule has 1 aliphatic rings. The first-order valence-electron chi connectivity index (χ1n) is 8.60. The molecule has 1 aromatic carbocycles. The average molecular weight is 398 g/mol. The monoisotopic (exact) mass is 398 g/mol. The van der Waals surface area contributed by atoms with Gasteiger partial charge in [0.15, 0.2) is 11.6 Å². The van der Waals surface area contributed by atoms with Crippen molar-refractivity contribution < 1.29 is 13.6 Å². The first-order valence-corrected chi connectivity index (χ1v) is 9.42. The predicted octanol–water partition coefficient (Wildman–Crippen LogP) is 4.03. The second-order valence-corrected chi connectivity index (χ2v) is 7.50. The Balaban J connectivity index is 1.40. The average Bonchev–Trinajstić information content (AvgIpc) is 3.13. The van der Waals surface area contributed by atoms with Gasteiger partial charge in [0.2, 0.25) is 0 Å². The molecule has 3 aromatic rings. The molecule has 1 N–H and O–H groups in total. The Bertz CT molecular complexity index is 1040. The van der Waals surface area contributed by atoms with Gasteiger partial charge >= 0.3 is 0 Å². The van der Waals surface area contributed by atoms with Crippen LogP contribution in [0.1, 0.15) is 25.7 Å². The van der Waals surface area contributed by atoms with E-state index in [-0.39, 0.29) is 5.91 Å². The number of hydrogen-bond acceptors (Lipinski definition) is 5. The van der Waals surface area contributed by atoms with Crippen LogP contribution in [0.5, 0.6) is 0 Å². The van der Waals surface area contributed by atoms with Crippen molar-refractivity contribution >= 4 is 29.3 Å². The number of nitrogens with one attached hydrogen (secondary N) is 1. The highest BCUT2D eigenvalue weighted by Crippen LogP contribution is 2.33. The van der Waals surface area contributed by atoms with Crippen molar-refractivity contribution in [1.29, 1.82) is 0 Å². The lowest BCUT2D eigenvalue weighted by Gasteiger charge is -2.22. The van der Waals surface area contributed by atoms with Gasteiger partial charge in [-0.1, -0.05) is 12.1 Å². The quantitative estimate of drug-likeness (QED) is 0.706. The summed E-state index contributed by atoms with van der Waals surface area (Å²) in [7, 11) is 0. The molecule has 3 heterocycles. The zero-order valence-electron chi connectivity index (χ0n) is 14.7. The highest BCUT2D eigenvalue weighted by atomic mass is 32.1. The van der Waals surface area contributed by atoms with Crippen molar-refractivity contribution in [2.24, 2.45) is 4.99 Å². The summed E-state index contributed by atoms with van der Waals surface area (Å²) in [6.45, 7) is 1.36. The lowest BCUT2D eigenvalue weighted by molar-refractivity contribution is 0.0955. The second-order valence-electron chi connectivity index (χ2n) is 6.36. The fraction of sp³-hybridized carbons (Fsp3) is 0.150. The van der Waals surface area contributed by atoms with Gasteiger partial charge in [0.05, 0.1) is 28.3 Å². The lowest BCUT2D eigenvalue weighted by atomic mass is 10.2. The van der Waals surface area contributed by atoms with Crippen molar-refractivity contribution in [3.8, 4) is 0 Å². The van der Waals surface area contributed by atoms with E-state index in [1.807, 2.05) is 17.0 Å². The minimum absolute atomic E-state index is 0.161. The third kappa shape index (κ3) is 4.07. The molecule has 0 radical (unpaired) electrons. The first-order chi connectivity index (χ1) is 13.6. The van der Waals surface area contributed by atoms with E-state index in [1.54, 1.807) is 30.9 Å². The third-order valence-corrected chi connectivity index (χ3v) is 5.37. The predicted molar refractivity (Wildman–Crippen MR) is 103 cm³/mol. The zero-order valence-corrected chi connectivity index (χ0v) is 15.5. The van der Waals surface area contributed by atoms with Crippen LogP contribution >= 0.6 is 11.3 Å². The minimum atomic E-state index is -0.865. The van der Waals surface area contributed by atoms with E-state index >= 15 is 0 Å². The molecule has 4 rings (SSSR count). The molecule has 0 saturated heterocycles. The standard InChI is InChI=1S/C20H16F2N4OS/c21-15-4-3-13(6-16(15)22)10-26-11-19-17(25-12-26)7-18(28-19)20(27)24-9-14-2-1-5-23-8-14/h1-8,12H,9-11H2,(H,24,27). The Kier molecular flexibility index (Phi) is 5.12. The number of aliphatic imine (C=N–C) groups is 1. The van der Waals surface area contributed by atoms with Gasteiger partial charge in [-0.3, -0.25) is 9.78 Å². The Labute approximate surface area is 164 Å². The van der Waals surface area contributed by atoms with Crippen LogP contribution in [0.25, 0.3) is 0 Å². The van der Waals surface area contributed by atoms with Crippen molar-refractivity contribution in [2.45, 2.75) is 19.6 Å². The van der Waals surface area contributed by atoms with Gasteiger partial charge in [0.1, 0.15) is 0 Å². The number of halogens is 2.